The van der Waals surface area contributed by atoms with Crippen LogP contribution in [0.2, 0.25) is 0 Å². The number of furan rings is 1. The average Bonchev–Trinajstić information content (AvgIpc) is 3.27. The van der Waals surface area contributed by atoms with E-state index >= 15 is 0 Å². The van der Waals surface area contributed by atoms with Crippen molar-refractivity contribution in [2.75, 3.05) is 21.0 Å². The van der Waals surface area contributed by atoms with Gasteiger partial charge in [-0.25, -0.2) is 0 Å². The number of nitro benzene ring substituents is 1. The Morgan fingerprint density at radius 1 is 1.06 bits per heavy atom. The van der Waals surface area contributed by atoms with Gasteiger partial charge in [0.05, 0.1) is 4.92 Å². The summed E-state index contributed by atoms with van der Waals surface area (Å²) in [7, 11) is 3.00. The second-order valence-electron chi connectivity index (χ2n) is 6.91. The first-order valence-corrected chi connectivity index (χ1v) is 9.75. The second kappa shape index (κ2) is 10.5. The molecule has 8 nitrogen and oxygen atoms in total. The average molecular weight is 437 g/mol. The minimum atomic E-state index is -0.597. The molecule has 1 heterocycles. The van der Waals surface area contributed by atoms with Crippen LogP contribution in [0.3, 0.4) is 0 Å². The first-order valence-electron chi connectivity index (χ1n) is 9.75. The molecular weight excluding hydrogens is 414 g/mol. The predicted octanol–water partition coefficient (Wildman–Crippen LogP) is 5.11. The van der Waals surface area contributed by atoms with Gasteiger partial charge in [-0.1, -0.05) is 30.3 Å². The molecule has 32 heavy (non-hydrogen) atoms. The van der Waals surface area contributed by atoms with Crippen LogP contribution in [0.5, 0.6) is 5.75 Å². The monoisotopic (exact) mass is 437 g/mol. The number of carbonyl (C=O) groups excluding carboxylic acids is 1. The standard InChI is InChI=1S/C24H23NO7/c1-16(21-12-10-19(32-21)14-29-2)13-18-9-11-20(25(27)28)22(24(18)31-15-30-3)23(26)17-7-5-4-6-8-17/h4-13H,14-15H2,1-3H3/b16-13+. The van der Waals surface area contributed by atoms with E-state index in [1.807, 2.05) is 6.92 Å². The first-order chi connectivity index (χ1) is 15.5. The highest BCUT2D eigenvalue weighted by Gasteiger charge is 2.28. The number of nitrogens with zero attached hydrogens (tertiary/aromatic N) is 1. The van der Waals surface area contributed by atoms with Crippen molar-refractivity contribution in [3.8, 4) is 5.75 Å². The van der Waals surface area contributed by atoms with E-state index < -0.39 is 10.7 Å². The molecule has 0 spiro atoms. The quantitative estimate of drug-likeness (QED) is 0.188. The third-order valence-corrected chi connectivity index (χ3v) is 4.66. The minimum absolute atomic E-state index is 0.0675. The van der Waals surface area contributed by atoms with Gasteiger partial charge < -0.3 is 18.6 Å². The first kappa shape index (κ1) is 22.9. The predicted molar refractivity (Wildman–Crippen MR) is 118 cm³/mol. The molecule has 0 amide bonds. The number of hydrogen-bond acceptors (Lipinski definition) is 7. The molecule has 0 bridgehead atoms. The van der Waals surface area contributed by atoms with Crippen LogP contribution in [0.1, 0.15) is 39.9 Å². The van der Waals surface area contributed by atoms with E-state index in [1.165, 1.54) is 19.2 Å². The van der Waals surface area contributed by atoms with Gasteiger partial charge in [0.25, 0.3) is 5.69 Å². The van der Waals surface area contributed by atoms with Crippen molar-refractivity contribution in [2.24, 2.45) is 0 Å². The highest BCUT2D eigenvalue weighted by atomic mass is 16.7. The molecule has 3 aromatic rings. The highest BCUT2D eigenvalue weighted by Crippen LogP contribution is 2.36. The molecule has 0 unspecified atom stereocenters. The van der Waals surface area contributed by atoms with Gasteiger partial charge in [0.2, 0.25) is 5.78 Å². The molecule has 0 radical (unpaired) electrons. The molecule has 0 aliphatic heterocycles. The topological polar surface area (TPSA) is 101 Å². The van der Waals surface area contributed by atoms with Crippen LogP contribution in [0.15, 0.2) is 59.0 Å². The fourth-order valence-electron chi connectivity index (χ4n) is 3.19. The summed E-state index contributed by atoms with van der Waals surface area (Å²) in [4.78, 5) is 24.4. The van der Waals surface area contributed by atoms with Gasteiger partial charge in [0.15, 0.2) is 6.79 Å². The SMILES string of the molecule is COCOc1c(/C=C(\C)c2ccc(COC)o2)ccc([N+](=O)[O-])c1C(=O)c1ccccc1. The van der Waals surface area contributed by atoms with E-state index in [9.17, 15) is 14.9 Å². The molecule has 0 saturated heterocycles. The van der Waals surface area contributed by atoms with Crippen molar-refractivity contribution < 1.29 is 28.3 Å². The summed E-state index contributed by atoms with van der Waals surface area (Å²) >= 11 is 0. The Kier molecular flexibility index (Phi) is 7.54. The number of ketones is 1. The van der Waals surface area contributed by atoms with Gasteiger partial charge in [0, 0.05) is 31.4 Å². The van der Waals surface area contributed by atoms with Gasteiger partial charge in [-0.15, -0.1) is 0 Å². The zero-order chi connectivity index (χ0) is 23.1. The fourth-order valence-corrected chi connectivity index (χ4v) is 3.19. The summed E-state index contributed by atoms with van der Waals surface area (Å²) in [5.41, 5.74) is 1.04. The maximum atomic E-state index is 13.3. The molecule has 0 saturated carbocycles. The van der Waals surface area contributed by atoms with Crippen LogP contribution in [0, 0.1) is 10.1 Å². The van der Waals surface area contributed by atoms with Gasteiger partial charge in [-0.3, -0.25) is 14.9 Å². The van der Waals surface area contributed by atoms with Crippen LogP contribution < -0.4 is 4.74 Å². The molecule has 2 aromatic carbocycles. The maximum absolute atomic E-state index is 13.3. The van der Waals surface area contributed by atoms with Crippen molar-refractivity contribution in [3.05, 3.63) is 92.9 Å². The molecule has 3 rings (SSSR count). The minimum Gasteiger partial charge on any atom is -0.466 e. The van der Waals surface area contributed by atoms with Crippen LogP contribution in [-0.4, -0.2) is 31.7 Å². The Balaban J connectivity index is 2.15. The van der Waals surface area contributed by atoms with E-state index in [-0.39, 0.29) is 23.8 Å². The number of methoxy groups -OCH3 is 2. The van der Waals surface area contributed by atoms with Crippen molar-refractivity contribution in [1.29, 1.82) is 0 Å². The third-order valence-electron chi connectivity index (χ3n) is 4.66. The van der Waals surface area contributed by atoms with E-state index in [2.05, 4.69) is 0 Å². The number of allylic oxidation sites excluding steroid dienone is 1. The molecular formula is C24H23NO7. The Bertz CT molecular complexity index is 1130. The molecule has 0 N–H and O–H groups in total. The highest BCUT2D eigenvalue weighted by molar-refractivity contribution is 6.14. The number of carbonyl (C=O) groups is 1. The lowest BCUT2D eigenvalue weighted by molar-refractivity contribution is -0.385. The molecule has 0 aliphatic rings. The van der Waals surface area contributed by atoms with Crippen molar-refractivity contribution >= 4 is 23.1 Å². The zero-order valence-electron chi connectivity index (χ0n) is 18.0. The Labute approximate surface area is 185 Å². The summed E-state index contributed by atoms with van der Waals surface area (Å²) in [5.74, 6) is 0.813. The van der Waals surface area contributed by atoms with Crippen LogP contribution in [0.25, 0.3) is 11.6 Å². The number of ether oxygens (including phenoxy) is 3. The van der Waals surface area contributed by atoms with Crippen molar-refractivity contribution in [1.82, 2.24) is 0 Å². The summed E-state index contributed by atoms with van der Waals surface area (Å²) in [6.07, 6.45) is 1.74. The third kappa shape index (κ3) is 5.11. The van der Waals surface area contributed by atoms with E-state index in [0.29, 0.717) is 29.3 Å². The van der Waals surface area contributed by atoms with Gasteiger partial charge in [-0.05, 0) is 36.8 Å². The van der Waals surface area contributed by atoms with Gasteiger partial charge in [-0.2, -0.15) is 0 Å². The maximum Gasteiger partial charge on any atom is 0.284 e. The summed E-state index contributed by atoms with van der Waals surface area (Å²) < 4.78 is 21.5. The Morgan fingerprint density at radius 3 is 2.47 bits per heavy atom. The zero-order valence-corrected chi connectivity index (χ0v) is 18.0. The number of rotatable bonds is 10. The largest absolute Gasteiger partial charge is 0.466 e. The second-order valence-corrected chi connectivity index (χ2v) is 6.91. The molecule has 166 valence electrons. The summed E-state index contributed by atoms with van der Waals surface area (Å²) in [5, 5.41) is 11.7. The van der Waals surface area contributed by atoms with Crippen LogP contribution in [0.4, 0.5) is 5.69 Å². The Hall–Kier alpha value is -3.75. The molecule has 0 aliphatic carbocycles. The van der Waals surface area contributed by atoms with Crippen LogP contribution in [-0.2, 0) is 16.1 Å². The number of benzene rings is 2. The normalized spacial score (nSPS) is 11.4. The number of hydrogen-bond donors (Lipinski definition) is 0. The molecule has 1 aromatic heterocycles. The van der Waals surface area contributed by atoms with E-state index in [1.54, 1.807) is 55.7 Å². The van der Waals surface area contributed by atoms with Gasteiger partial charge >= 0.3 is 0 Å². The van der Waals surface area contributed by atoms with Crippen LogP contribution >= 0.6 is 0 Å². The lowest BCUT2D eigenvalue weighted by Crippen LogP contribution is -2.11. The smallest absolute Gasteiger partial charge is 0.284 e. The van der Waals surface area contributed by atoms with E-state index in [0.717, 1.165) is 5.57 Å². The van der Waals surface area contributed by atoms with Crippen molar-refractivity contribution in [2.45, 2.75) is 13.5 Å². The molecule has 0 atom stereocenters. The lowest BCUT2D eigenvalue weighted by atomic mass is 9.97. The van der Waals surface area contributed by atoms with E-state index in [4.69, 9.17) is 18.6 Å². The molecule has 8 heteroatoms. The Morgan fingerprint density at radius 2 is 1.81 bits per heavy atom. The number of nitro groups is 1. The fraction of sp³-hybridized carbons (Fsp3) is 0.208. The van der Waals surface area contributed by atoms with Gasteiger partial charge in [0.1, 0.15) is 29.4 Å². The summed E-state index contributed by atoms with van der Waals surface area (Å²) in [6, 6.07) is 14.8. The lowest BCUT2D eigenvalue weighted by Gasteiger charge is -2.14. The molecule has 0 fully saturated rings. The summed E-state index contributed by atoms with van der Waals surface area (Å²) in [6.45, 7) is 1.98. The van der Waals surface area contributed by atoms with Crippen molar-refractivity contribution in [3.63, 3.8) is 0 Å².